The summed E-state index contributed by atoms with van der Waals surface area (Å²) in [7, 11) is 0. The Balaban J connectivity index is 1.88. The molecule has 0 radical (unpaired) electrons. The number of nitrogens with zero attached hydrogens (tertiary/aromatic N) is 4. The topological polar surface area (TPSA) is 52.2 Å². The summed E-state index contributed by atoms with van der Waals surface area (Å²) in [5, 5.41) is 4.94. The molecule has 0 bridgehead atoms. The fourth-order valence-electron chi connectivity index (χ4n) is 3.22. The monoisotopic (exact) mass is 466 g/mol. The van der Waals surface area contributed by atoms with Crippen LogP contribution in [0.1, 0.15) is 32.3 Å². The van der Waals surface area contributed by atoms with E-state index in [9.17, 15) is 9.18 Å². The van der Waals surface area contributed by atoms with Gasteiger partial charge in [0.15, 0.2) is 0 Å². The van der Waals surface area contributed by atoms with Crippen LogP contribution in [0, 0.1) is 5.82 Å². The Labute approximate surface area is 181 Å². The lowest BCUT2D eigenvalue weighted by molar-refractivity contribution is 0.506. The molecule has 2 heterocycles. The zero-order chi connectivity index (χ0) is 21.5. The highest BCUT2D eigenvalue weighted by Crippen LogP contribution is 2.23. The molecule has 0 aliphatic heterocycles. The minimum absolute atomic E-state index is 0.258. The van der Waals surface area contributed by atoms with Gasteiger partial charge in [-0.2, -0.15) is 9.78 Å². The van der Waals surface area contributed by atoms with Gasteiger partial charge in [0.05, 0.1) is 28.5 Å². The summed E-state index contributed by atoms with van der Waals surface area (Å²) in [4.78, 5) is 17.9. The summed E-state index contributed by atoms with van der Waals surface area (Å²) < 4.78 is 18.1. The fraction of sp³-hybridized carbons (Fsp3) is 0.174. The molecule has 0 aliphatic carbocycles. The molecule has 2 aromatic heterocycles. The van der Waals surface area contributed by atoms with E-state index in [0.717, 1.165) is 4.47 Å². The van der Waals surface area contributed by atoms with Gasteiger partial charge in [-0.05, 0) is 42.5 Å². The highest BCUT2D eigenvalue weighted by atomic mass is 79.9. The van der Waals surface area contributed by atoms with Gasteiger partial charge in [0.2, 0.25) is 0 Å². The third kappa shape index (κ3) is 3.73. The van der Waals surface area contributed by atoms with Crippen LogP contribution in [0.5, 0.6) is 0 Å². The SMILES string of the molecule is CC(C)(C)c1nc2ccc(Br)cc2c(=O)n1N=Cc1cccn1-c1ccccc1F. The average Bonchev–Trinajstić information content (AvgIpc) is 3.15. The quantitative estimate of drug-likeness (QED) is 0.386. The summed E-state index contributed by atoms with van der Waals surface area (Å²) in [5.41, 5.74) is 1.00. The molecule has 4 aromatic rings. The van der Waals surface area contributed by atoms with Crippen molar-refractivity contribution in [2.24, 2.45) is 5.10 Å². The van der Waals surface area contributed by atoms with E-state index in [1.54, 1.807) is 47.3 Å². The molecule has 152 valence electrons. The van der Waals surface area contributed by atoms with Crippen LogP contribution in [-0.2, 0) is 5.41 Å². The molecular weight excluding hydrogens is 447 g/mol. The largest absolute Gasteiger partial charge is 0.313 e. The van der Waals surface area contributed by atoms with Gasteiger partial charge in [0.25, 0.3) is 5.56 Å². The zero-order valence-electron chi connectivity index (χ0n) is 16.8. The van der Waals surface area contributed by atoms with E-state index in [-0.39, 0.29) is 11.4 Å². The molecule has 0 saturated heterocycles. The van der Waals surface area contributed by atoms with Crippen LogP contribution in [0.15, 0.2) is 75.2 Å². The van der Waals surface area contributed by atoms with Gasteiger partial charge in [-0.25, -0.2) is 9.37 Å². The first-order chi connectivity index (χ1) is 14.3. The Hall–Kier alpha value is -3.06. The molecule has 0 amide bonds. The Morgan fingerprint density at radius 2 is 1.87 bits per heavy atom. The number of fused-ring (bicyclic) bond motifs is 1. The Kier molecular flexibility index (Phi) is 5.15. The minimum Gasteiger partial charge on any atom is -0.313 e. The van der Waals surface area contributed by atoms with E-state index in [4.69, 9.17) is 4.98 Å². The normalized spacial score (nSPS) is 12.2. The van der Waals surface area contributed by atoms with E-state index in [2.05, 4.69) is 21.0 Å². The standard InChI is InChI=1S/C23H20BrFN4O/c1-23(2,3)22-27-19-11-10-15(24)13-17(19)21(30)29(22)26-14-16-7-6-12-28(16)20-9-5-4-8-18(20)25/h4-14H,1-3H3. The van der Waals surface area contributed by atoms with Crippen molar-refractivity contribution in [1.82, 2.24) is 14.2 Å². The summed E-state index contributed by atoms with van der Waals surface area (Å²) in [5.74, 6) is 0.204. The van der Waals surface area contributed by atoms with Crippen LogP contribution in [0.3, 0.4) is 0 Å². The van der Waals surface area contributed by atoms with Gasteiger partial charge in [-0.15, -0.1) is 0 Å². The first-order valence-corrected chi connectivity index (χ1v) is 10.2. The highest BCUT2D eigenvalue weighted by Gasteiger charge is 2.23. The van der Waals surface area contributed by atoms with Crippen LogP contribution in [-0.4, -0.2) is 20.4 Å². The number of halogens is 2. The van der Waals surface area contributed by atoms with Gasteiger partial charge in [0, 0.05) is 16.1 Å². The first-order valence-electron chi connectivity index (χ1n) is 9.45. The highest BCUT2D eigenvalue weighted by molar-refractivity contribution is 9.10. The lowest BCUT2D eigenvalue weighted by Gasteiger charge is -2.21. The maximum atomic E-state index is 14.3. The van der Waals surface area contributed by atoms with Crippen molar-refractivity contribution < 1.29 is 4.39 Å². The van der Waals surface area contributed by atoms with Crippen molar-refractivity contribution in [2.45, 2.75) is 26.2 Å². The number of para-hydroxylation sites is 1. The van der Waals surface area contributed by atoms with Crippen LogP contribution in [0.25, 0.3) is 16.6 Å². The predicted molar refractivity (Wildman–Crippen MR) is 121 cm³/mol. The van der Waals surface area contributed by atoms with Gasteiger partial charge in [-0.3, -0.25) is 4.79 Å². The summed E-state index contributed by atoms with van der Waals surface area (Å²) in [6.45, 7) is 5.94. The number of rotatable bonds is 3. The van der Waals surface area contributed by atoms with Crippen LogP contribution < -0.4 is 5.56 Å². The van der Waals surface area contributed by atoms with Crippen molar-refractivity contribution >= 4 is 33.0 Å². The average molecular weight is 467 g/mol. The molecule has 5 nitrogen and oxygen atoms in total. The molecule has 4 rings (SSSR count). The van der Waals surface area contributed by atoms with Crippen molar-refractivity contribution in [3.05, 3.63) is 93.0 Å². The van der Waals surface area contributed by atoms with Gasteiger partial charge in [-0.1, -0.05) is 48.8 Å². The Bertz CT molecular complexity index is 1330. The number of hydrogen-bond donors (Lipinski definition) is 0. The van der Waals surface area contributed by atoms with E-state index in [1.165, 1.54) is 10.7 Å². The third-order valence-electron chi connectivity index (χ3n) is 4.68. The first kappa shape index (κ1) is 20.2. The molecular formula is C23H20BrFN4O. The van der Waals surface area contributed by atoms with Crippen molar-refractivity contribution in [2.75, 3.05) is 0 Å². The van der Waals surface area contributed by atoms with E-state index < -0.39 is 5.41 Å². The second kappa shape index (κ2) is 7.65. The van der Waals surface area contributed by atoms with Crippen molar-refractivity contribution in [1.29, 1.82) is 0 Å². The second-order valence-electron chi connectivity index (χ2n) is 7.96. The fourth-order valence-corrected chi connectivity index (χ4v) is 3.59. The maximum absolute atomic E-state index is 14.3. The number of aromatic nitrogens is 3. The number of hydrogen-bond acceptors (Lipinski definition) is 3. The zero-order valence-corrected chi connectivity index (χ0v) is 18.4. The molecule has 0 unspecified atom stereocenters. The van der Waals surface area contributed by atoms with E-state index in [0.29, 0.717) is 28.1 Å². The molecule has 30 heavy (non-hydrogen) atoms. The minimum atomic E-state index is -0.411. The third-order valence-corrected chi connectivity index (χ3v) is 5.17. The molecule has 7 heteroatoms. The van der Waals surface area contributed by atoms with Gasteiger partial charge in [0.1, 0.15) is 11.6 Å². The Morgan fingerprint density at radius 1 is 1.10 bits per heavy atom. The lowest BCUT2D eigenvalue weighted by atomic mass is 9.95. The molecule has 0 atom stereocenters. The van der Waals surface area contributed by atoms with Gasteiger partial charge < -0.3 is 4.57 Å². The molecule has 0 saturated carbocycles. The van der Waals surface area contributed by atoms with Crippen LogP contribution in [0.2, 0.25) is 0 Å². The molecule has 0 N–H and O–H groups in total. The molecule has 0 spiro atoms. The lowest BCUT2D eigenvalue weighted by Crippen LogP contribution is -2.29. The summed E-state index contributed by atoms with van der Waals surface area (Å²) >= 11 is 3.41. The summed E-state index contributed by atoms with van der Waals surface area (Å²) in [6.07, 6.45) is 3.30. The van der Waals surface area contributed by atoms with E-state index >= 15 is 0 Å². The molecule has 2 aromatic carbocycles. The number of benzene rings is 2. The molecule has 0 fully saturated rings. The van der Waals surface area contributed by atoms with Crippen molar-refractivity contribution in [3.8, 4) is 5.69 Å². The smallest absolute Gasteiger partial charge is 0.282 e. The molecule has 0 aliphatic rings. The summed E-state index contributed by atoms with van der Waals surface area (Å²) in [6, 6.07) is 15.5. The van der Waals surface area contributed by atoms with E-state index in [1.807, 2.05) is 39.0 Å². The second-order valence-corrected chi connectivity index (χ2v) is 8.88. The van der Waals surface area contributed by atoms with Gasteiger partial charge >= 0.3 is 0 Å². The van der Waals surface area contributed by atoms with Crippen molar-refractivity contribution in [3.63, 3.8) is 0 Å². The maximum Gasteiger partial charge on any atom is 0.282 e. The Morgan fingerprint density at radius 3 is 2.60 bits per heavy atom. The van der Waals surface area contributed by atoms with Crippen LogP contribution >= 0.6 is 15.9 Å². The predicted octanol–water partition coefficient (Wildman–Crippen LogP) is 5.27. The van der Waals surface area contributed by atoms with Crippen LogP contribution in [0.4, 0.5) is 4.39 Å².